The zero-order valence-electron chi connectivity index (χ0n) is 9.77. The first kappa shape index (κ1) is 12.9. The van der Waals surface area contributed by atoms with Gasteiger partial charge in [-0.1, -0.05) is 0 Å². The molecule has 2 heterocycles. The van der Waals surface area contributed by atoms with Crippen LogP contribution in [0.4, 0.5) is 8.78 Å². The second-order valence-electron chi connectivity index (χ2n) is 4.41. The molecule has 1 amide bonds. The summed E-state index contributed by atoms with van der Waals surface area (Å²) < 4.78 is 26.4. The van der Waals surface area contributed by atoms with Gasteiger partial charge in [0.25, 0.3) is 5.91 Å². The Hall–Kier alpha value is -1.56. The molecule has 0 spiro atoms. The summed E-state index contributed by atoms with van der Waals surface area (Å²) >= 11 is 0. The molecule has 1 fully saturated rings. The molecule has 0 aromatic carbocycles. The molecule has 1 saturated heterocycles. The lowest BCUT2D eigenvalue weighted by molar-refractivity contribution is 0.0614. The summed E-state index contributed by atoms with van der Waals surface area (Å²) in [4.78, 5) is 16.6. The van der Waals surface area contributed by atoms with Gasteiger partial charge in [-0.15, -0.1) is 0 Å². The molecule has 98 valence electrons. The number of piperidine rings is 1. The van der Waals surface area contributed by atoms with Crippen molar-refractivity contribution in [2.75, 3.05) is 19.7 Å². The third kappa shape index (κ3) is 2.48. The van der Waals surface area contributed by atoms with Gasteiger partial charge in [0.2, 0.25) is 5.95 Å². The van der Waals surface area contributed by atoms with Crippen molar-refractivity contribution in [2.45, 2.75) is 12.8 Å². The highest BCUT2D eigenvalue weighted by atomic mass is 19.2. The molecule has 1 aromatic heterocycles. The highest BCUT2D eigenvalue weighted by molar-refractivity contribution is 5.94. The van der Waals surface area contributed by atoms with Crippen LogP contribution in [0.25, 0.3) is 0 Å². The van der Waals surface area contributed by atoms with Gasteiger partial charge in [0.15, 0.2) is 5.82 Å². The van der Waals surface area contributed by atoms with E-state index in [2.05, 4.69) is 4.98 Å². The van der Waals surface area contributed by atoms with E-state index in [0.29, 0.717) is 13.1 Å². The fourth-order valence-corrected chi connectivity index (χ4v) is 2.15. The third-order valence-electron chi connectivity index (χ3n) is 3.14. The quantitative estimate of drug-likeness (QED) is 0.809. The molecule has 6 heteroatoms. The Labute approximate surface area is 103 Å². The molecular formula is C12H14F2N2O2. The second kappa shape index (κ2) is 5.39. The average molecular weight is 256 g/mol. The minimum absolute atomic E-state index is 0.00301. The minimum Gasteiger partial charge on any atom is -0.396 e. The van der Waals surface area contributed by atoms with Crippen molar-refractivity contribution in [3.8, 4) is 0 Å². The van der Waals surface area contributed by atoms with Crippen molar-refractivity contribution in [3.05, 3.63) is 29.6 Å². The van der Waals surface area contributed by atoms with E-state index in [1.807, 2.05) is 0 Å². The van der Waals surface area contributed by atoms with Crippen molar-refractivity contribution in [2.24, 2.45) is 5.92 Å². The summed E-state index contributed by atoms with van der Waals surface area (Å²) in [7, 11) is 0. The molecule has 4 nitrogen and oxygen atoms in total. The highest BCUT2D eigenvalue weighted by Gasteiger charge is 2.26. The van der Waals surface area contributed by atoms with E-state index in [1.54, 1.807) is 0 Å². The highest BCUT2D eigenvalue weighted by Crippen LogP contribution is 2.19. The summed E-state index contributed by atoms with van der Waals surface area (Å²) in [5.74, 6) is -3.02. The Morgan fingerprint density at radius 3 is 3.06 bits per heavy atom. The Kier molecular flexibility index (Phi) is 3.86. The molecule has 1 N–H and O–H groups in total. The first-order valence-corrected chi connectivity index (χ1v) is 5.83. The molecular weight excluding hydrogens is 242 g/mol. The third-order valence-corrected chi connectivity index (χ3v) is 3.14. The predicted octanol–water partition coefficient (Wildman–Crippen LogP) is 1.20. The number of carbonyl (C=O) groups excluding carboxylic acids is 1. The maximum Gasteiger partial charge on any atom is 0.257 e. The zero-order chi connectivity index (χ0) is 13.1. The molecule has 1 aliphatic heterocycles. The molecule has 1 atom stereocenters. The number of halogens is 2. The van der Waals surface area contributed by atoms with Crippen LogP contribution in [-0.4, -0.2) is 40.6 Å². The van der Waals surface area contributed by atoms with Gasteiger partial charge in [0.05, 0.1) is 5.56 Å². The van der Waals surface area contributed by atoms with Gasteiger partial charge >= 0.3 is 0 Å². The minimum atomic E-state index is -1.27. The number of likely N-dealkylation sites (tertiary alicyclic amines) is 1. The smallest absolute Gasteiger partial charge is 0.257 e. The standard InChI is InChI=1S/C12H14F2N2O2/c13-10-9(3-4-15-11(10)14)12(18)16-5-1-2-8(6-16)7-17/h3-4,8,17H,1-2,5-7H2. The van der Waals surface area contributed by atoms with Crippen LogP contribution in [0.1, 0.15) is 23.2 Å². The topological polar surface area (TPSA) is 53.4 Å². The van der Waals surface area contributed by atoms with E-state index in [0.717, 1.165) is 19.0 Å². The number of pyridine rings is 1. The number of aliphatic hydroxyl groups is 1. The van der Waals surface area contributed by atoms with E-state index < -0.39 is 17.7 Å². The van der Waals surface area contributed by atoms with Crippen LogP contribution in [-0.2, 0) is 0 Å². The lowest BCUT2D eigenvalue weighted by Gasteiger charge is -2.31. The number of aromatic nitrogens is 1. The summed E-state index contributed by atoms with van der Waals surface area (Å²) in [6, 6.07) is 1.17. The molecule has 0 aliphatic carbocycles. The fourth-order valence-electron chi connectivity index (χ4n) is 2.15. The van der Waals surface area contributed by atoms with Crippen LogP contribution in [0.2, 0.25) is 0 Å². The van der Waals surface area contributed by atoms with E-state index >= 15 is 0 Å². The summed E-state index contributed by atoms with van der Waals surface area (Å²) in [5.41, 5.74) is -0.305. The molecule has 18 heavy (non-hydrogen) atoms. The van der Waals surface area contributed by atoms with Gasteiger partial charge in [-0.25, -0.2) is 9.37 Å². The first-order valence-electron chi connectivity index (χ1n) is 5.83. The number of rotatable bonds is 2. The number of hydrogen-bond donors (Lipinski definition) is 1. The largest absolute Gasteiger partial charge is 0.396 e. The predicted molar refractivity (Wildman–Crippen MR) is 59.9 cm³/mol. The molecule has 1 aromatic rings. The average Bonchev–Trinajstić information content (AvgIpc) is 2.41. The first-order chi connectivity index (χ1) is 8.63. The second-order valence-corrected chi connectivity index (χ2v) is 4.41. The van der Waals surface area contributed by atoms with Crippen LogP contribution in [0.5, 0.6) is 0 Å². The monoisotopic (exact) mass is 256 g/mol. The molecule has 0 saturated carbocycles. The Balaban J connectivity index is 2.18. The Morgan fingerprint density at radius 1 is 1.56 bits per heavy atom. The van der Waals surface area contributed by atoms with Crippen LogP contribution in [0, 0.1) is 17.7 Å². The molecule has 1 aliphatic rings. The molecule has 1 unspecified atom stereocenters. The van der Waals surface area contributed by atoms with Crippen LogP contribution < -0.4 is 0 Å². The molecule has 0 radical (unpaired) electrons. The van der Waals surface area contributed by atoms with Gasteiger partial charge in [0.1, 0.15) is 0 Å². The molecule has 0 bridgehead atoms. The molecule has 2 rings (SSSR count). The van der Waals surface area contributed by atoms with Gasteiger partial charge in [-0.2, -0.15) is 4.39 Å². The van der Waals surface area contributed by atoms with Crippen molar-refractivity contribution < 1.29 is 18.7 Å². The lowest BCUT2D eigenvalue weighted by atomic mass is 9.98. The maximum absolute atomic E-state index is 13.5. The summed E-state index contributed by atoms with van der Waals surface area (Å²) in [5, 5.41) is 9.08. The van der Waals surface area contributed by atoms with Crippen molar-refractivity contribution in [1.82, 2.24) is 9.88 Å². The van der Waals surface area contributed by atoms with Crippen LogP contribution in [0.3, 0.4) is 0 Å². The lowest BCUT2D eigenvalue weighted by Crippen LogP contribution is -2.41. The van der Waals surface area contributed by atoms with E-state index in [-0.39, 0.29) is 18.1 Å². The van der Waals surface area contributed by atoms with Crippen LogP contribution in [0.15, 0.2) is 12.3 Å². The van der Waals surface area contributed by atoms with Crippen LogP contribution >= 0.6 is 0 Å². The van der Waals surface area contributed by atoms with Crippen molar-refractivity contribution >= 4 is 5.91 Å². The number of hydrogen-bond acceptors (Lipinski definition) is 3. The number of carbonyl (C=O) groups is 1. The van der Waals surface area contributed by atoms with Crippen molar-refractivity contribution in [1.29, 1.82) is 0 Å². The SMILES string of the molecule is O=C(c1ccnc(F)c1F)N1CCCC(CO)C1. The van der Waals surface area contributed by atoms with E-state index in [1.165, 1.54) is 11.0 Å². The maximum atomic E-state index is 13.5. The van der Waals surface area contributed by atoms with Gasteiger partial charge < -0.3 is 10.0 Å². The summed E-state index contributed by atoms with van der Waals surface area (Å²) in [6.45, 7) is 0.869. The Bertz CT molecular complexity index is 454. The number of aliphatic hydroxyl groups excluding tert-OH is 1. The van der Waals surface area contributed by atoms with E-state index in [4.69, 9.17) is 5.11 Å². The Morgan fingerprint density at radius 2 is 2.33 bits per heavy atom. The number of nitrogens with zero attached hydrogens (tertiary/aromatic N) is 2. The normalized spacial score (nSPS) is 19.9. The van der Waals surface area contributed by atoms with Crippen molar-refractivity contribution in [3.63, 3.8) is 0 Å². The van der Waals surface area contributed by atoms with Gasteiger partial charge in [0, 0.05) is 25.9 Å². The fraction of sp³-hybridized carbons (Fsp3) is 0.500. The van der Waals surface area contributed by atoms with Gasteiger partial charge in [-0.3, -0.25) is 4.79 Å². The summed E-state index contributed by atoms with van der Waals surface area (Å²) in [6.07, 6.45) is 2.67. The van der Waals surface area contributed by atoms with Gasteiger partial charge in [-0.05, 0) is 24.8 Å². The zero-order valence-corrected chi connectivity index (χ0v) is 9.77. The van der Waals surface area contributed by atoms with E-state index in [9.17, 15) is 13.6 Å². The number of amides is 1.